The minimum Gasteiger partial charge on any atom is -0.309 e. The monoisotopic (exact) mass is 689 g/mol. The van der Waals surface area contributed by atoms with Gasteiger partial charge in [-0.2, -0.15) is 0 Å². The number of para-hydroxylation sites is 3. The summed E-state index contributed by atoms with van der Waals surface area (Å²) in [6.45, 7) is 0. The van der Waals surface area contributed by atoms with Crippen molar-refractivity contribution < 1.29 is 0 Å². The first-order valence-corrected chi connectivity index (χ1v) is 18.2. The second-order valence-corrected chi connectivity index (χ2v) is 13.7. The van der Waals surface area contributed by atoms with Gasteiger partial charge in [-0.05, 0) is 83.6 Å². The van der Waals surface area contributed by atoms with Crippen LogP contribution in [0, 0.1) is 0 Å². The zero-order chi connectivity index (χ0) is 35.6. The van der Waals surface area contributed by atoms with E-state index >= 15 is 0 Å². The molecule has 54 heavy (non-hydrogen) atoms. The molecule has 3 aromatic heterocycles. The predicted octanol–water partition coefficient (Wildman–Crippen LogP) is 12.2. The number of nitrogens with zero attached hydrogens (tertiary/aromatic N) is 5. The largest absolute Gasteiger partial charge is 0.309 e. The highest BCUT2D eigenvalue weighted by Crippen LogP contribution is 2.39. The van der Waals surface area contributed by atoms with Gasteiger partial charge in [0.15, 0.2) is 17.5 Å². The highest BCUT2D eigenvalue weighted by atomic mass is 15.0. The fourth-order valence-corrected chi connectivity index (χ4v) is 8.01. The van der Waals surface area contributed by atoms with Crippen LogP contribution in [0.4, 0.5) is 0 Å². The molecule has 11 rings (SSSR count). The number of hydrogen-bond acceptors (Lipinski definition) is 3. The Labute approximate surface area is 311 Å². The molecule has 0 spiro atoms. The molecule has 0 saturated carbocycles. The maximum absolute atomic E-state index is 4.96. The lowest BCUT2D eigenvalue weighted by Crippen LogP contribution is -2.00. The second-order valence-electron chi connectivity index (χ2n) is 13.7. The quantitative estimate of drug-likeness (QED) is 0.181. The van der Waals surface area contributed by atoms with Crippen molar-refractivity contribution in [3.63, 3.8) is 0 Å². The molecule has 5 heteroatoms. The van der Waals surface area contributed by atoms with E-state index in [2.05, 4.69) is 137 Å². The minimum atomic E-state index is 0.639. The maximum Gasteiger partial charge on any atom is 0.164 e. The van der Waals surface area contributed by atoms with Gasteiger partial charge in [0.1, 0.15) is 0 Å². The van der Waals surface area contributed by atoms with E-state index in [1.165, 1.54) is 43.4 Å². The molecule has 252 valence electrons. The Balaban J connectivity index is 1.09. The van der Waals surface area contributed by atoms with Gasteiger partial charge < -0.3 is 9.13 Å². The Morgan fingerprint density at radius 2 is 0.648 bits per heavy atom. The summed E-state index contributed by atoms with van der Waals surface area (Å²) >= 11 is 0. The third-order valence-corrected chi connectivity index (χ3v) is 10.5. The molecule has 5 nitrogen and oxygen atoms in total. The van der Waals surface area contributed by atoms with E-state index in [0.717, 1.165) is 39.1 Å². The molecule has 0 radical (unpaired) electrons. The molecule has 0 N–H and O–H groups in total. The van der Waals surface area contributed by atoms with Crippen molar-refractivity contribution in [3.05, 3.63) is 188 Å². The fraction of sp³-hybridized carbons (Fsp3) is 0. The zero-order valence-electron chi connectivity index (χ0n) is 29.1. The van der Waals surface area contributed by atoms with Crippen LogP contribution in [-0.2, 0) is 0 Å². The van der Waals surface area contributed by atoms with Crippen LogP contribution in [-0.4, -0.2) is 24.1 Å². The van der Waals surface area contributed by atoms with Crippen LogP contribution in [0.25, 0.3) is 99.9 Å². The van der Waals surface area contributed by atoms with Crippen LogP contribution in [0.15, 0.2) is 188 Å². The first-order chi connectivity index (χ1) is 26.8. The minimum absolute atomic E-state index is 0.639. The summed E-state index contributed by atoms with van der Waals surface area (Å²) in [5, 5.41) is 7.38. The highest BCUT2D eigenvalue weighted by Gasteiger charge is 2.18. The van der Waals surface area contributed by atoms with Crippen molar-refractivity contribution in [2.45, 2.75) is 0 Å². The highest BCUT2D eigenvalue weighted by molar-refractivity contribution is 6.18. The van der Waals surface area contributed by atoms with E-state index in [-0.39, 0.29) is 0 Å². The number of aromatic nitrogens is 5. The fourth-order valence-electron chi connectivity index (χ4n) is 8.01. The van der Waals surface area contributed by atoms with E-state index in [9.17, 15) is 0 Å². The number of benzene rings is 8. The van der Waals surface area contributed by atoms with Crippen LogP contribution in [0.3, 0.4) is 0 Å². The third kappa shape index (κ3) is 4.83. The molecule has 3 heterocycles. The maximum atomic E-state index is 4.96. The summed E-state index contributed by atoms with van der Waals surface area (Å²) in [7, 11) is 0. The summed E-state index contributed by atoms with van der Waals surface area (Å²) in [6.07, 6.45) is 0. The lowest BCUT2D eigenvalue weighted by Gasteiger charge is -2.11. The Hall–Kier alpha value is -7.37. The predicted molar refractivity (Wildman–Crippen MR) is 222 cm³/mol. The SMILES string of the molecule is c1ccc(-c2nc(-c3ccccc3)nc(-c3ccc(-n4c5ccccc5c5cc6cc7c8ccccc8n(-c8ccccc8)c7cc6cc54)cc3)n2)cc1. The van der Waals surface area contributed by atoms with Gasteiger partial charge in [0, 0.05) is 49.6 Å². The molecular formula is C49H31N5. The molecule has 0 aliphatic carbocycles. The van der Waals surface area contributed by atoms with Gasteiger partial charge in [-0.15, -0.1) is 0 Å². The van der Waals surface area contributed by atoms with Crippen LogP contribution in [0.2, 0.25) is 0 Å². The third-order valence-electron chi connectivity index (χ3n) is 10.5. The summed E-state index contributed by atoms with van der Waals surface area (Å²) < 4.78 is 4.76. The van der Waals surface area contributed by atoms with E-state index in [1.807, 2.05) is 60.7 Å². The summed E-state index contributed by atoms with van der Waals surface area (Å²) in [5.74, 6) is 1.94. The van der Waals surface area contributed by atoms with Crippen LogP contribution >= 0.6 is 0 Å². The molecule has 0 bridgehead atoms. The van der Waals surface area contributed by atoms with Gasteiger partial charge in [-0.3, -0.25) is 0 Å². The lowest BCUT2D eigenvalue weighted by atomic mass is 10.0. The second kappa shape index (κ2) is 12.1. The number of rotatable bonds is 5. The lowest BCUT2D eigenvalue weighted by molar-refractivity contribution is 1.07. The zero-order valence-corrected chi connectivity index (χ0v) is 29.1. The Kier molecular flexibility index (Phi) is 6.79. The van der Waals surface area contributed by atoms with Gasteiger partial charge in [-0.25, -0.2) is 15.0 Å². The number of hydrogen-bond donors (Lipinski definition) is 0. The van der Waals surface area contributed by atoms with E-state index in [4.69, 9.17) is 15.0 Å². The first-order valence-electron chi connectivity index (χ1n) is 18.2. The van der Waals surface area contributed by atoms with Crippen molar-refractivity contribution in [1.29, 1.82) is 0 Å². The number of fused-ring (bicyclic) bond motifs is 7. The smallest absolute Gasteiger partial charge is 0.164 e. The molecule has 0 amide bonds. The molecule has 0 aliphatic rings. The first kappa shape index (κ1) is 30.3. The van der Waals surface area contributed by atoms with Crippen molar-refractivity contribution in [1.82, 2.24) is 24.1 Å². The summed E-state index contributed by atoms with van der Waals surface area (Å²) in [6, 6.07) is 66.3. The van der Waals surface area contributed by atoms with Crippen molar-refractivity contribution >= 4 is 54.4 Å². The van der Waals surface area contributed by atoms with E-state index in [1.54, 1.807) is 0 Å². The van der Waals surface area contributed by atoms with E-state index < -0.39 is 0 Å². The normalized spacial score (nSPS) is 11.7. The average Bonchev–Trinajstić information content (AvgIpc) is 3.74. The van der Waals surface area contributed by atoms with Gasteiger partial charge in [0.25, 0.3) is 0 Å². The van der Waals surface area contributed by atoms with Crippen LogP contribution < -0.4 is 0 Å². The topological polar surface area (TPSA) is 48.5 Å². The summed E-state index contributed by atoms with van der Waals surface area (Å²) in [4.78, 5) is 14.8. The standard InChI is InChI=1S/C49H31N5/c1-4-14-32(15-5-1)47-50-48(33-16-6-2-7-17-33)52-49(51-47)34-24-26-38(27-25-34)54-44-23-13-11-21-40(44)42-29-35-28-41-39-20-10-12-22-43(39)53(37-18-8-3-9-19-37)45(41)30-36(35)31-46(42)54/h1-31H. The average molecular weight is 690 g/mol. The molecule has 0 atom stereocenters. The molecule has 0 aliphatic heterocycles. The van der Waals surface area contributed by atoms with Gasteiger partial charge in [0.05, 0.1) is 22.1 Å². The van der Waals surface area contributed by atoms with Crippen molar-refractivity contribution in [2.75, 3.05) is 0 Å². The van der Waals surface area contributed by atoms with Gasteiger partial charge in [-0.1, -0.05) is 115 Å². The van der Waals surface area contributed by atoms with Crippen molar-refractivity contribution in [3.8, 4) is 45.5 Å². The molecular weight excluding hydrogens is 659 g/mol. The van der Waals surface area contributed by atoms with Gasteiger partial charge >= 0.3 is 0 Å². The van der Waals surface area contributed by atoms with Crippen molar-refractivity contribution in [2.24, 2.45) is 0 Å². The van der Waals surface area contributed by atoms with Gasteiger partial charge in [0.2, 0.25) is 0 Å². The molecule has 0 fully saturated rings. The molecule has 0 saturated heterocycles. The van der Waals surface area contributed by atoms with E-state index in [0.29, 0.717) is 17.5 Å². The Bertz CT molecular complexity index is 3120. The summed E-state index contributed by atoms with van der Waals surface area (Å²) in [5.41, 5.74) is 9.79. The van der Waals surface area contributed by atoms with Crippen LogP contribution in [0.5, 0.6) is 0 Å². The Morgan fingerprint density at radius 3 is 1.13 bits per heavy atom. The molecule has 11 aromatic rings. The molecule has 8 aromatic carbocycles. The van der Waals surface area contributed by atoms with Crippen LogP contribution in [0.1, 0.15) is 0 Å². The Morgan fingerprint density at radius 1 is 0.278 bits per heavy atom. The molecule has 0 unspecified atom stereocenters.